The standard InChI is InChI=1S/C22H34F3NO6/c1-8-12-15(30-19(29)32-21(5,6)7)13-10-9-11-14-16(17(27)31-20(2,3)4)26-18(28)22(23,24)25/h8-9,11-12,15-16H,10,13-14H2,1-7H3,(H,26,28)/b11-9+,12-8+. The lowest BCUT2D eigenvalue weighted by molar-refractivity contribution is -0.177. The highest BCUT2D eigenvalue weighted by Crippen LogP contribution is 2.17. The van der Waals surface area contributed by atoms with Crippen molar-refractivity contribution in [3.63, 3.8) is 0 Å². The van der Waals surface area contributed by atoms with E-state index in [0.29, 0.717) is 12.8 Å². The summed E-state index contributed by atoms with van der Waals surface area (Å²) in [6.45, 7) is 11.6. The molecular weight excluding hydrogens is 431 g/mol. The number of rotatable bonds is 9. The zero-order valence-corrected chi connectivity index (χ0v) is 19.7. The summed E-state index contributed by atoms with van der Waals surface area (Å²) in [5, 5.41) is 1.66. The summed E-state index contributed by atoms with van der Waals surface area (Å²) in [4.78, 5) is 35.3. The fourth-order valence-corrected chi connectivity index (χ4v) is 2.24. The summed E-state index contributed by atoms with van der Waals surface area (Å²) >= 11 is 0. The normalized spacial score (nSPS) is 14.8. The minimum absolute atomic E-state index is 0.196. The highest BCUT2D eigenvalue weighted by Gasteiger charge is 2.41. The number of esters is 1. The summed E-state index contributed by atoms with van der Waals surface area (Å²) in [5.41, 5.74) is -1.63. The molecule has 1 amide bonds. The maximum Gasteiger partial charge on any atom is 0.509 e. The Morgan fingerprint density at radius 3 is 1.97 bits per heavy atom. The molecule has 32 heavy (non-hydrogen) atoms. The van der Waals surface area contributed by atoms with Crippen molar-refractivity contribution in [3.05, 3.63) is 24.3 Å². The second-order valence-corrected chi connectivity index (χ2v) is 8.99. The van der Waals surface area contributed by atoms with Crippen LogP contribution in [-0.2, 0) is 23.8 Å². The third kappa shape index (κ3) is 14.5. The molecule has 0 fully saturated rings. The van der Waals surface area contributed by atoms with Crippen molar-refractivity contribution < 1.29 is 41.8 Å². The summed E-state index contributed by atoms with van der Waals surface area (Å²) in [6, 6.07) is -1.50. The van der Waals surface area contributed by atoms with E-state index in [9.17, 15) is 27.6 Å². The second-order valence-electron chi connectivity index (χ2n) is 8.99. The van der Waals surface area contributed by atoms with Crippen LogP contribution >= 0.6 is 0 Å². The number of halogens is 3. The molecule has 0 spiro atoms. The molecular formula is C22H34F3NO6. The van der Waals surface area contributed by atoms with Gasteiger partial charge in [0.15, 0.2) is 0 Å². The minimum Gasteiger partial charge on any atom is -0.458 e. The van der Waals surface area contributed by atoms with Gasteiger partial charge in [-0.15, -0.1) is 0 Å². The van der Waals surface area contributed by atoms with Crippen LogP contribution in [0.4, 0.5) is 18.0 Å². The molecule has 10 heteroatoms. The Hall–Kier alpha value is -2.52. The second kappa shape index (κ2) is 12.5. The number of amides is 1. The van der Waals surface area contributed by atoms with Gasteiger partial charge >= 0.3 is 24.2 Å². The fourth-order valence-electron chi connectivity index (χ4n) is 2.24. The van der Waals surface area contributed by atoms with E-state index in [-0.39, 0.29) is 6.42 Å². The number of ether oxygens (including phenoxy) is 3. The number of alkyl halides is 3. The zero-order valence-electron chi connectivity index (χ0n) is 19.7. The van der Waals surface area contributed by atoms with Gasteiger partial charge in [-0.3, -0.25) is 4.79 Å². The van der Waals surface area contributed by atoms with Crippen molar-refractivity contribution in [1.82, 2.24) is 5.32 Å². The molecule has 0 heterocycles. The molecule has 0 bridgehead atoms. The molecule has 184 valence electrons. The van der Waals surface area contributed by atoms with Gasteiger partial charge in [-0.1, -0.05) is 18.2 Å². The minimum atomic E-state index is -5.12. The lowest BCUT2D eigenvalue weighted by atomic mass is 10.1. The van der Waals surface area contributed by atoms with E-state index in [4.69, 9.17) is 14.2 Å². The van der Waals surface area contributed by atoms with Crippen LogP contribution < -0.4 is 5.32 Å². The summed E-state index contributed by atoms with van der Waals surface area (Å²) in [5.74, 6) is -3.19. The molecule has 1 N–H and O–H groups in total. The molecule has 0 aliphatic carbocycles. The van der Waals surface area contributed by atoms with E-state index in [1.165, 1.54) is 6.08 Å². The van der Waals surface area contributed by atoms with Gasteiger partial charge in [-0.2, -0.15) is 13.2 Å². The summed E-state index contributed by atoms with van der Waals surface area (Å²) in [6.07, 6.45) is 0.543. The maximum atomic E-state index is 12.6. The van der Waals surface area contributed by atoms with Gasteiger partial charge in [0, 0.05) is 0 Å². The molecule has 0 aliphatic heterocycles. The first kappa shape index (κ1) is 29.5. The van der Waals surface area contributed by atoms with E-state index in [2.05, 4.69) is 0 Å². The van der Waals surface area contributed by atoms with Gasteiger partial charge < -0.3 is 19.5 Å². The zero-order chi connectivity index (χ0) is 25.2. The maximum absolute atomic E-state index is 12.6. The summed E-state index contributed by atoms with van der Waals surface area (Å²) < 4.78 is 53.2. The summed E-state index contributed by atoms with van der Waals surface area (Å²) in [7, 11) is 0. The van der Waals surface area contributed by atoms with Crippen LogP contribution in [0.3, 0.4) is 0 Å². The van der Waals surface area contributed by atoms with E-state index < -0.39 is 47.6 Å². The molecule has 0 saturated carbocycles. The number of carbonyl (C=O) groups excluding carboxylic acids is 3. The molecule has 0 aromatic rings. The van der Waals surface area contributed by atoms with Crippen LogP contribution in [0.2, 0.25) is 0 Å². The smallest absolute Gasteiger partial charge is 0.458 e. The van der Waals surface area contributed by atoms with Crippen LogP contribution in [-0.4, -0.2) is 47.6 Å². The fraction of sp³-hybridized carbons (Fsp3) is 0.682. The Kier molecular flexibility index (Phi) is 11.5. The topological polar surface area (TPSA) is 90.9 Å². The lowest BCUT2D eigenvalue weighted by Gasteiger charge is -2.24. The van der Waals surface area contributed by atoms with Gasteiger partial charge in [-0.05, 0) is 73.8 Å². The number of hydrogen-bond donors (Lipinski definition) is 1. The third-order valence-corrected chi connectivity index (χ3v) is 3.45. The predicted octanol–water partition coefficient (Wildman–Crippen LogP) is 5.00. The molecule has 7 nitrogen and oxygen atoms in total. The van der Waals surface area contributed by atoms with Crippen molar-refractivity contribution in [2.75, 3.05) is 0 Å². The molecule has 0 radical (unpaired) electrons. The van der Waals surface area contributed by atoms with Crippen LogP contribution in [0.5, 0.6) is 0 Å². The Morgan fingerprint density at radius 1 is 0.938 bits per heavy atom. The van der Waals surface area contributed by atoms with E-state index in [0.717, 1.165) is 0 Å². The number of nitrogens with one attached hydrogen (secondary N) is 1. The van der Waals surface area contributed by atoms with Crippen molar-refractivity contribution in [2.45, 2.75) is 97.3 Å². The van der Waals surface area contributed by atoms with Crippen LogP contribution in [0.25, 0.3) is 0 Å². The predicted molar refractivity (Wildman–Crippen MR) is 113 cm³/mol. The van der Waals surface area contributed by atoms with Gasteiger partial charge in [0.2, 0.25) is 0 Å². The van der Waals surface area contributed by atoms with Crippen molar-refractivity contribution in [3.8, 4) is 0 Å². The first-order valence-electron chi connectivity index (χ1n) is 10.2. The van der Waals surface area contributed by atoms with E-state index in [1.807, 2.05) is 0 Å². The highest BCUT2D eigenvalue weighted by atomic mass is 19.4. The Bertz CT molecular complexity index is 687. The molecule has 0 aromatic heterocycles. The Labute approximate surface area is 187 Å². The van der Waals surface area contributed by atoms with E-state index in [1.54, 1.807) is 72.0 Å². The lowest BCUT2D eigenvalue weighted by Crippen LogP contribution is -2.48. The van der Waals surface area contributed by atoms with Gasteiger partial charge in [0.05, 0.1) is 0 Å². The Morgan fingerprint density at radius 2 is 1.50 bits per heavy atom. The van der Waals surface area contributed by atoms with Crippen LogP contribution in [0, 0.1) is 0 Å². The number of carbonyl (C=O) groups is 3. The third-order valence-electron chi connectivity index (χ3n) is 3.45. The highest BCUT2D eigenvalue weighted by molar-refractivity contribution is 5.87. The first-order chi connectivity index (χ1) is 14.4. The van der Waals surface area contributed by atoms with Gasteiger partial charge in [-0.25, -0.2) is 9.59 Å². The van der Waals surface area contributed by atoms with Crippen LogP contribution in [0.15, 0.2) is 24.3 Å². The average molecular weight is 466 g/mol. The van der Waals surface area contributed by atoms with Crippen LogP contribution in [0.1, 0.15) is 67.7 Å². The Balaban J connectivity index is 4.96. The van der Waals surface area contributed by atoms with Crippen molar-refractivity contribution >= 4 is 18.0 Å². The number of hydrogen-bond acceptors (Lipinski definition) is 6. The molecule has 0 aliphatic rings. The van der Waals surface area contributed by atoms with Crippen molar-refractivity contribution in [1.29, 1.82) is 0 Å². The first-order valence-corrected chi connectivity index (χ1v) is 10.2. The average Bonchev–Trinajstić information content (AvgIpc) is 2.56. The largest absolute Gasteiger partial charge is 0.509 e. The van der Waals surface area contributed by atoms with Gasteiger partial charge in [0.25, 0.3) is 0 Å². The number of allylic oxidation sites excluding steroid dienone is 2. The van der Waals surface area contributed by atoms with E-state index >= 15 is 0 Å². The monoisotopic (exact) mass is 465 g/mol. The molecule has 2 unspecified atom stereocenters. The molecule has 2 atom stereocenters. The molecule has 0 rings (SSSR count). The quantitative estimate of drug-likeness (QED) is 0.381. The van der Waals surface area contributed by atoms with Gasteiger partial charge in [0.1, 0.15) is 23.3 Å². The van der Waals surface area contributed by atoms with Crippen molar-refractivity contribution in [2.24, 2.45) is 0 Å². The SMILES string of the molecule is C/C=C/C(CC/C=C/CC(NC(=O)C(F)(F)F)C(=O)OC(C)(C)C)OC(=O)OC(C)(C)C. The molecule has 0 saturated heterocycles. The molecule has 0 aromatic carbocycles.